The summed E-state index contributed by atoms with van der Waals surface area (Å²) in [6.07, 6.45) is 0.311. The molecule has 0 spiro atoms. The Morgan fingerprint density at radius 3 is 2.21 bits per heavy atom. The van der Waals surface area contributed by atoms with E-state index in [0.29, 0.717) is 18.1 Å². The van der Waals surface area contributed by atoms with Crippen LogP contribution in [0, 0.1) is 6.92 Å². The van der Waals surface area contributed by atoms with Crippen LogP contribution in [0.2, 0.25) is 0 Å². The Morgan fingerprint density at radius 2 is 1.54 bits per heavy atom. The first kappa shape index (κ1) is 15.7. The number of benzene rings is 2. The lowest BCUT2D eigenvalue weighted by Crippen LogP contribution is -2.15. The lowest BCUT2D eigenvalue weighted by atomic mass is 10.1. The van der Waals surface area contributed by atoms with Crippen molar-refractivity contribution in [1.82, 2.24) is 10.2 Å². The number of anilines is 3. The van der Waals surface area contributed by atoms with Gasteiger partial charge in [-0.05, 0) is 36.8 Å². The molecule has 5 heteroatoms. The Balaban J connectivity index is 1.58. The van der Waals surface area contributed by atoms with Crippen LogP contribution >= 0.6 is 0 Å². The summed E-state index contributed by atoms with van der Waals surface area (Å²) in [5.74, 6) is 0.944. The number of carbonyl (C=O) groups is 1. The van der Waals surface area contributed by atoms with E-state index in [1.165, 1.54) is 5.56 Å². The van der Waals surface area contributed by atoms with E-state index in [-0.39, 0.29) is 5.91 Å². The van der Waals surface area contributed by atoms with Gasteiger partial charge in [-0.25, -0.2) is 0 Å². The van der Waals surface area contributed by atoms with Crippen molar-refractivity contribution in [2.75, 3.05) is 10.6 Å². The standard InChI is InChI=1S/C19H18N4O/c1-14-7-9-16(10-8-14)20-17-11-12-18(23-22-17)21-19(24)13-15-5-3-2-4-6-15/h2-12H,13H2,1H3,(H,20,22)(H,21,23,24). The van der Waals surface area contributed by atoms with Crippen LogP contribution in [0.5, 0.6) is 0 Å². The molecule has 0 aliphatic carbocycles. The van der Waals surface area contributed by atoms with E-state index in [1.807, 2.05) is 61.5 Å². The molecular formula is C19H18N4O. The van der Waals surface area contributed by atoms with Gasteiger partial charge in [-0.15, -0.1) is 10.2 Å². The van der Waals surface area contributed by atoms with Crippen LogP contribution in [0.1, 0.15) is 11.1 Å². The number of rotatable bonds is 5. The highest BCUT2D eigenvalue weighted by atomic mass is 16.1. The molecule has 1 aromatic heterocycles. The van der Waals surface area contributed by atoms with E-state index in [0.717, 1.165) is 11.3 Å². The molecule has 0 unspecified atom stereocenters. The van der Waals surface area contributed by atoms with Crippen molar-refractivity contribution in [2.45, 2.75) is 13.3 Å². The normalized spacial score (nSPS) is 10.2. The molecule has 0 fully saturated rings. The van der Waals surface area contributed by atoms with Gasteiger partial charge in [0, 0.05) is 5.69 Å². The van der Waals surface area contributed by atoms with Crippen LogP contribution < -0.4 is 10.6 Å². The van der Waals surface area contributed by atoms with Gasteiger partial charge in [0.05, 0.1) is 6.42 Å². The molecule has 24 heavy (non-hydrogen) atoms. The van der Waals surface area contributed by atoms with Gasteiger partial charge in [0.1, 0.15) is 0 Å². The Morgan fingerprint density at radius 1 is 0.875 bits per heavy atom. The van der Waals surface area contributed by atoms with E-state index < -0.39 is 0 Å². The SMILES string of the molecule is Cc1ccc(Nc2ccc(NC(=O)Cc3ccccc3)nn2)cc1. The van der Waals surface area contributed by atoms with Crippen molar-refractivity contribution >= 4 is 23.2 Å². The maximum Gasteiger partial charge on any atom is 0.229 e. The summed E-state index contributed by atoms with van der Waals surface area (Å²) >= 11 is 0. The zero-order chi connectivity index (χ0) is 16.8. The molecule has 0 radical (unpaired) electrons. The van der Waals surface area contributed by atoms with Gasteiger partial charge in [-0.2, -0.15) is 0 Å². The van der Waals surface area contributed by atoms with Crippen molar-refractivity contribution in [1.29, 1.82) is 0 Å². The lowest BCUT2D eigenvalue weighted by Gasteiger charge is -2.07. The smallest absolute Gasteiger partial charge is 0.229 e. The second-order valence-corrected chi connectivity index (χ2v) is 5.51. The summed E-state index contributed by atoms with van der Waals surface area (Å²) in [4.78, 5) is 12.0. The first-order chi connectivity index (χ1) is 11.7. The first-order valence-corrected chi connectivity index (χ1v) is 7.70. The van der Waals surface area contributed by atoms with Crippen LogP contribution in [-0.2, 0) is 11.2 Å². The van der Waals surface area contributed by atoms with Crippen molar-refractivity contribution in [2.24, 2.45) is 0 Å². The molecule has 5 nitrogen and oxygen atoms in total. The minimum atomic E-state index is -0.116. The van der Waals surface area contributed by atoms with Gasteiger partial charge in [0.2, 0.25) is 5.91 Å². The highest BCUT2D eigenvalue weighted by Crippen LogP contribution is 2.15. The largest absolute Gasteiger partial charge is 0.339 e. The molecule has 1 heterocycles. The van der Waals surface area contributed by atoms with Gasteiger partial charge in [0.15, 0.2) is 11.6 Å². The van der Waals surface area contributed by atoms with Crippen molar-refractivity contribution in [3.05, 3.63) is 77.9 Å². The second-order valence-electron chi connectivity index (χ2n) is 5.51. The van der Waals surface area contributed by atoms with E-state index in [4.69, 9.17) is 0 Å². The summed E-state index contributed by atoms with van der Waals surface area (Å²) in [6, 6.07) is 21.1. The number of amides is 1. The minimum absolute atomic E-state index is 0.116. The number of aromatic nitrogens is 2. The predicted molar refractivity (Wildman–Crippen MR) is 95.3 cm³/mol. The van der Waals surface area contributed by atoms with Crippen molar-refractivity contribution in [3.63, 3.8) is 0 Å². The Kier molecular flexibility index (Phi) is 4.81. The summed E-state index contributed by atoms with van der Waals surface area (Å²) in [6.45, 7) is 2.04. The van der Waals surface area contributed by atoms with Gasteiger partial charge in [-0.1, -0.05) is 48.0 Å². The average molecular weight is 318 g/mol. The highest BCUT2D eigenvalue weighted by Gasteiger charge is 2.05. The molecule has 1 amide bonds. The number of hydrogen-bond donors (Lipinski definition) is 2. The Bertz CT molecular complexity index is 799. The molecule has 2 N–H and O–H groups in total. The third-order valence-electron chi connectivity index (χ3n) is 3.46. The summed E-state index contributed by atoms with van der Waals surface area (Å²) < 4.78 is 0. The molecular weight excluding hydrogens is 300 g/mol. The summed E-state index contributed by atoms with van der Waals surface area (Å²) in [7, 11) is 0. The molecule has 3 aromatic rings. The second kappa shape index (κ2) is 7.37. The summed E-state index contributed by atoms with van der Waals surface area (Å²) in [5.41, 5.74) is 3.10. The van der Waals surface area contributed by atoms with Gasteiger partial charge in [0.25, 0.3) is 0 Å². The molecule has 0 atom stereocenters. The van der Waals surface area contributed by atoms with Crippen molar-refractivity contribution in [3.8, 4) is 0 Å². The topological polar surface area (TPSA) is 66.9 Å². The zero-order valence-corrected chi connectivity index (χ0v) is 13.4. The van der Waals surface area contributed by atoms with Crippen LogP contribution in [0.15, 0.2) is 66.7 Å². The fraction of sp³-hybridized carbons (Fsp3) is 0.105. The van der Waals surface area contributed by atoms with E-state index in [1.54, 1.807) is 12.1 Å². The number of nitrogens with one attached hydrogen (secondary N) is 2. The minimum Gasteiger partial charge on any atom is -0.339 e. The third-order valence-corrected chi connectivity index (χ3v) is 3.46. The van der Waals surface area contributed by atoms with E-state index >= 15 is 0 Å². The molecule has 0 saturated carbocycles. The monoisotopic (exact) mass is 318 g/mol. The number of aryl methyl sites for hydroxylation is 1. The predicted octanol–water partition coefficient (Wildman–Crippen LogP) is 3.71. The Hall–Kier alpha value is -3.21. The van der Waals surface area contributed by atoms with Crippen LogP contribution in [0.25, 0.3) is 0 Å². The maximum absolute atomic E-state index is 12.0. The fourth-order valence-electron chi connectivity index (χ4n) is 2.22. The third kappa shape index (κ3) is 4.39. The Labute approximate surface area is 140 Å². The van der Waals surface area contributed by atoms with Gasteiger partial charge >= 0.3 is 0 Å². The van der Waals surface area contributed by atoms with Gasteiger partial charge < -0.3 is 10.6 Å². The maximum atomic E-state index is 12.0. The van der Waals surface area contributed by atoms with Gasteiger partial charge in [-0.3, -0.25) is 4.79 Å². The van der Waals surface area contributed by atoms with Crippen LogP contribution in [0.4, 0.5) is 17.3 Å². The quantitative estimate of drug-likeness (QED) is 0.752. The molecule has 2 aromatic carbocycles. The number of hydrogen-bond acceptors (Lipinski definition) is 4. The van der Waals surface area contributed by atoms with Crippen LogP contribution in [-0.4, -0.2) is 16.1 Å². The molecule has 120 valence electrons. The fourth-order valence-corrected chi connectivity index (χ4v) is 2.22. The molecule has 0 saturated heterocycles. The molecule has 0 bridgehead atoms. The van der Waals surface area contributed by atoms with Crippen LogP contribution in [0.3, 0.4) is 0 Å². The average Bonchev–Trinajstić information content (AvgIpc) is 2.59. The summed E-state index contributed by atoms with van der Waals surface area (Å²) in [5, 5.41) is 14.0. The highest BCUT2D eigenvalue weighted by molar-refractivity contribution is 5.91. The first-order valence-electron chi connectivity index (χ1n) is 7.70. The van der Waals surface area contributed by atoms with Crippen molar-refractivity contribution < 1.29 is 4.79 Å². The molecule has 3 rings (SSSR count). The molecule has 0 aliphatic heterocycles. The molecule has 0 aliphatic rings. The van der Waals surface area contributed by atoms with E-state index in [2.05, 4.69) is 20.8 Å². The number of nitrogens with zero attached hydrogens (tertiary/aromatic N) is 2. The number of carbonyl (C=O) groups excluding carboxylic acids is 1. The zero-order valence-electron chi connectivity index (χ0n) is 13.4. The lowest BCUT2D eigenvalue weighted by molar-refractivity contribution is -0.115. The van der Waals surface area contributed by atoms with E-state index in [9.17, 15) is 4.79 Å².